The molecule has 0 amide bonds. The van der Waals surface area contributed by atoms with E-state index in [4.69, 9.17) is 4.74 Å². The number of rotatable bonds is 4. The summed E-state index contributed by atoms with van der Waals surface area (Å²) in [7, 11) is -2.09. The number of carbonyl (C=O) groups is 1. The maximum absolute atomic E-state index is 11.9. The molecule has 0 aromatic heterocycles. The molecule has 0 unspecified atom stereocenters. The highest BCUT2D eigenvalue weighted by Gasteiger charge is 2.21. The highest BCUT2D eigenvalue weighted by molar-refractivity contribution is 7.90. The molecule has 1 aromatic rings. The van der Waals surface area contributed by atoms with Crippen LogP contribution in [0.5, 0.6) is 0 Å². The van der Waals surface area contributed by atoms with Crippen LogP contribution in [0.15, 0.2) is 17.0 Å². The van der Waals surface area contributed by atoms with E-state index in [-0.39, 0.29) is 10.8 Å². The zero-order valence-electron chi connectivity index (χ0n) is 12.0. The van der Waals surface area contributed by atoms with Gasteiger partial charge in [0.15, 0.2) is 9.84 Å². The van der Waals surface area contributed by atoms with Crippen LogP contribution in [-0.2, 0) is 21.0 Å². The zero-order valence-corrected chi connectivity index (χ0v) is 12.8. The molecule has 0 radical (unpaired) electrons. The smallest absolute Gasteiger partial charge is 0.338 e. The number of esters is 1. The van der Waals surface area contributed by atoms with Crippen LogP contribution in [-0.4, -0.2) is 27.8 Å². The minimum Gasteiger partial charge on any atom is -0.465 e. The van der Waals surface area contributed by atoms with Crippen LogP contribution in [0.2, 0.25) is 0 Å². The van der Waals surface area contributed by atoms with Crippen LogP contribution in [0.4, 0.5) is 0 Å². The standard InChI is InChI=1S/C14H20O4S/c1-6-10-7-11(9(2)3)13(19(5,16)17)8-12(10)14(15)18-4/h7-9H,6H2,1-5H3. The fourth-order valence-corrected chi connectivity index (χ4v) is 3.06. The Bertz CT molecular complexity index is 586. The largest absolute Gasteiger partial charge is 0.465 e. The Morgan fingerprint density at radius 2 is 1.89 bits per heavy atom. The Morgan fingerprint density at radius 3 is 2.26 bits per heavy atom. The molecule has 1 aromatic carbocycles. The quantitative estimate of drug-likeness (QED) is 0.797. The number of ether oxygens (including phenoxy) is 1. The number of aryl methyl sites for hydroxylation is 1. The van der Waals surface area contributed by atoms with Crippen molar-refractivity contribution in [1.82, 2.24) is 0 Å². The van der Waals surface area contributed by atoms with Crippen molar-refractivity contribution in [2.75, 3.05) is 13.4 Å². The highest BCUT2D eigenvalue weighted by atomic mass is 32.2. The monoisotopic (exact) mass is 284 g/mol. The van der Waals surface area contributed by atoms with Gasteiger partial charge in [-0.1, -0.05) is 26.8 Å². The first kappa shape index (κ1) is 15.7. The topological polar surface area (TPSA) is 60.4 Å². The van der Waals surface area contributed by atoms with Crippen molar-refractivity contribution in [3.63, 3.8) is 0 Å². The lowest BCUT2D eigenvalue weighted by molar-refractivity contribution is 0.0599. The second-order valence-electron chi connectivity index (χ2n) is 4.82. The molecule has 0 fully saturated rings. The molecule has 5 heteroatoms. The summed E-state index contributed by atoms with van der Waals surface area (Å²) >= 11 is 0. The van der Waals surface area contributed by atoms with Crippen LogP contribution in [0.3, 0.4) is 0 Å². The van der Waals surface area contributed by atoms with Crippen LogP contribution in [0.1, 0.15) is 48.2 Å². The third kappa shape index (κ3) is 3.35. The number of hydrogen-bond acceptors (Lipinski definition) is 4. The molecular weight excluding hydrogens is 264 g/mol. The Balaban J connectivity index is 3.66. The van der Waals surface area contributed by atoms with Crippen molar-refractivity contribution in [1.29, 1.82) is 0 Å². The third-order valence-electron chi connectivity index (χ3n) is 3.04. The fraction of sp³-hybridized carbons (Fsp3) is 0.500. The molecule has 19 heavy (non-hydrogen) atoms. The van der Waals surface area contributed by atoms with Gasteiger partial charge in [0.2, 0.25) is 0 Å². The Hall–Kier alpha value is -1.36. The summed E-state index contributed by atoms with van der Waals surface area (Å²) in [5.74, 6) is -0.432. The number of benzene rings is 1. The van der Waals surface area contributed by atoms with E-state index in [1.54, 1.807) is 6.07 Å². The zero-order chi connectivity index (χ0) is 14.8. The van der Waals surface area contributed by atoms with E-state index in [0.717, 1.165) is 17.4 Å². The SMILES string of the molecule is CCc1cc(C(C)C)c(S(C)(=O)=O)cc1C(=O)OC. The predicted octanol–water partition coefficient (Wildman–Crippen LogP) is 2.56. The lowest BCUT2D eigenvalue weighted by Crippen LogP contribution is -2.11. The minimum atomic E-state index is -3.38. The summed E-state index contributed by atoms with van der Waals surface area (Å²) in [5.41, 5.74) is 1.88. The second kappa shape index (κ2) is 5.74. The molecule has 0 aliphatic heterocycles. The van der Waals surface area contributed by atoms with Gasteiger partial charge in [0.05, 0.1) is 17.6 Å². The molecule has 0 atom stereocenters. The number of hydrogen-bond donors (Lipinski definition) is 0. The van der Waals surface area contributed by atoms with Crippen molar-refractivity contribution < 1.29 is 17.9 Å². The van der Waals surface area contributed by atoms with Gasteiger partial charge in [-0.2, -0.15) is 0 Å². The Labute approximate surface area is 114 Å². The molecule has 106 valence electrons. The highest BCUT2D eigenvalue weighted by Crippen LogP contribution is 2.28. The number of carbonyl (C=O) groups excluding carboxylic acids is 1. The summed E-state index contributed by atoms with van der Waals surface area (Å²) in [6.45, 7) is 5.79. The summed E-state index contributed by atoms with van der Waals surface area (Å²) in [6, 6.07) is 3.24. The number of sulfone groups is 1. The lowest BCUT2D eigenvalue weighted by atomic mass is 9.96. The van der Waals surface area contributed by atoms with Crippen LogP contribution in [0.25, 0.3) is 0 Å². The van der Waals surface area contributed by atoms with Crippen molar-refractivity contribution >= 4 is 15.8 Å². The van der Waals surface area contributed by atoms with E-state index in [1.165, 1.54) is 13.2 Å². The average Bonchev–Trinajstić information content (AvgIpc) is 2.34. The summed E-state index contributed by atoms with van der Waals surface area (Å²) in [5, 5.41) is 0. The molecule has 0 N–H and O–H groups in total. The van der Waals surface area contributed by atoms with Gasteiger partial charge in [-0.3, -0.25) is 0 Å². The average molecular weight is 284 g/mol. The number of methoxy groups -OCH3 is 1. The molecule has 0 saturated heterocycles. The van der Waals surface area contributed by atoms with E-state index >= 15 is 0 Å². The van der Waals surface area contributed by atoms with E-state index in [2.05, 4.69) is 0 Å². The fourth-order valence-electron chi connectivity index (χ4n) is 2.01. The van der Waals surface area contributed by atoms with Crippen LogP contribution < -0.4 is 0 Å². The molecule has 0 aliphatic rings. The van der Waals surface area contributed by atoms with Gasteiger partial charge in [-0.25, -0.2) is 13.2 Å². The van der Waals surface area contributed by atoms with Gasteiger partial charge in [0, 0.05) is 6.26 Å². The van der Waals surface area contributed by atoms with Crippen molar-refractivity contribution in [3.05, 3.63) is 28.8 Å². The molecule has 4 nitrogen and oxygen atoms in total. The third-order valence-corrected chi connectivity index (χ3v) is 4.20. The van der Waals surface area contributed by atoms with Gasteiger partial charge >= 0.3 is 5.97 Å². The molecule has 0 aliphatic carbocycles. The summed E-state index contributed by atoms with van der Waals surface area (Å²) in [6.07, 6.45) is 1.80. The van der Waals surface area contributed by atoms with Crippen LogP contribution >= 0.6 is 0 Å². The minimum absolute atomic E-state index is 0.0710. The van der Waals surface area contributed by atoms with E-state index in [9.17, 15) is 13.2 Å². The van der Waals surface area contributed by atoms with Crippen molar-refractivity contribution in [2.24, 2.45) is 0 Å². The van der Waals surface area contributed by atoms with Crippen LogP contribution in [0, 0.1) is 0 Å². The normalized spacial score (nSPS) is 11.7. The van der Waals surface area contributed by atoms with E-state index in [0.29, 0.717) is 12.0 Å². The van der Waals surface area contributed by atoms with Crippen molar-refractivity contribution in [3.8, 4) is 0 Å². The molecular formula is C14H20O4S. The van der Waals surface area contributed by atoms with Gasteiger partial charge in [-0.05, 0) is 29.5 Å². The molecule has 0 bridgehead atoms. The first-order valence-corrected chi connectivity index (χ1v) is 8.06. The van der Waals surface area contributed by atoms with Gasteiger partial charge < -0.3 is 4.74 Å². The predicted molar refractivity (Wildman–Crippen MR) is 74.4 cm³/mol. The lowest BCUT2D eigenvalue weighted by Gasteiger charge is -2.16. The second-order valence-corrected chi connectivity index (χ2v) is 6.80. The van der Waals surface area contributed by atoms with Gasteiger partial charge in [0.1, 0.15) is 0 Å². The maximum Gasteiger partial charge on any atom is 0.338 e. The first-order valence-electron chi connectivity index (χ1n) is 6.17. The van der Waals surface area contributed by atoms with E-state index < -0.39 is 15.8 Å². The Morgan fingerprint density at radius 1 is 1.32 bits per heavy atom. The molecule has 1 rings (SSSR count). The molecule has 0 heterocycles. The molecule has 0 spiro atoms. The summed E-state index contributed by atoms with van der Waals surface area (Å²) in [4.78, 5) is 11.9. The van der Waals surface area contributed by atoms with Gasteiger partial charge in [-0.15, -0.1) is 0 Å². The molecule has 0 saturated carbocycles. The van der Waals surface area contributed by atoms with E-state index in [1.807, 2.05) is 20.8 Å². The van der Waals surface area contributed by atoms with Gasteiger partial charge in [0.25, 0.3) is 0 Å². The summed E-state index contributed by atoms with van der Waals surface area (Å²) < 4.78 is 28.5. The maximum atomic E-state index is 11.9. The Kier molecular flexibility index (Phi) is 4.74. The first-order chi connectivity index (χ1) is 8.72. The van der Waals surface area contributed by atoms with Crippen molar-refractivity contribution in [2.45, 2.75) is 38.0 Å².